The molecule has 2 rings (SSSR count). The van der Waals surface area contributed by atoms with Gasteiger partial charge in [-0.2, -0.15) is 0 Å². The molecule has 1 aromatic rings. The maximum absolute atomic E-state index is 5.46. The molecule has 0 radical (unpaired) electrons. The molecule has 0 spiro atoms. The standard InChI is InChI=1S/C20H35N5O2/c1-6-24-9-11-25(12-10-24)16(2)14-22-20(21-3)23-15-17-7-8-18(26-4)13-19(17)27-5/h7-8,13,16H,6,9-12,14-15H2,1-5H3,(H2,21,22,23). The fourth-order valence-electron chi connectivity index (χ4n) is 3.29. The van der Waals surface area contributed by atoms with Crippen LogP contribution < -0.4 is 20.1 Å². The Labute approximate surface area is 163 Å². The lowest BCUT2D eigenvalue weighted by atomic mass is 10.2. The molecule has 1 saturated heterocycles. The third-order valence-electron chi connectivity index (χ3n) is 5.21. The van der Waals surface area contributed by atoms with Crippen LogP contribution in [0.5, 0.6) is 11.5 Å². The Hall–Kier alpha value is -1.99. The molecule has 1 atom stereocenters. The fraction of sp³-hybridized carbons (Fsp3) is 0.650. The molecule has 2 N–H and O–H groups in total. The largest absolute Gasteiger partial charge is 0.497 e. The van der Waals surface area contributed by atoms with Crippen molar-refractivity contribution in [1.29, 1.82) is 0 Å². The van der Waals surface area contributed by atoms with E-state index >= 15 is 0 Å². The van der Waals surface area contributed by atoms with Gasteiger partial charge in [0.2, 0.25) is 0 Å². The monoisotopic (exact) mass is 377 g/mol. The number of nitrogens with zero attached hydrogens (tertiary/aromatic N) is 3. The highest BCUT2D eigenvalue weighted by Gasteiger charge is 2.20. The minimum absolute atomic E-state index is 0.470. The maximum atomic E-state index is 5.46. The van der Waals surface area contributed by atoms with Crippen molar-refractivity contribution in [3.63, 3.8) is 0 Å². The molecule has 1 aromatic carbocycles. The molecule has 1 aliphatic heterocycles. The Balaban J connectivity index is 1.81. The van der Waals surface area contributed by atoms with E-state index in [2.05, 4.69) is 39.3 Å². The summed E-state index contributed by atoms with van der Waals surface area (Å²) in [4.78, 5) is 9.38. The summed E-state index contributed by atoms with van der Waals surface area (Å²) < 4.78 is 10.7. The number of hydrogen-bond acceptors (Lipinski definition) is 5. The van der Waals surface area contributed by atoms with Gasteiger partial charge in [0.15, 0.2) is 5.96 Å². The lowest BCUT2D eigenvalue weighted by molar-refractivity contribution is 0.107. The van der Waals surface area contributed by atoms with Crippen LogP contribution in [-0.4, -0.2) is 82.3 Å². The molecular weight excluding hydrogens is 342 g/mol. The maximum Gasteiger partial charge on any atom is 0.191 e. The molecular formula is C20H35N5O2. The first kappa shape index (κ1) is 21.3. The smallest absolute Gasteiger partial charge is 0.191 e. The van der Waals surface area contributed by atoms with Crippen molar-refractivity contribution < 1.29 is 9.47 Å². The summed E-state index contributed by atoms with van der Waals surface area (Å²) in [7, 11) is 5.12. The zero-order valence-corrected chi connectivity index (χ0v) is 17.4. The Morgan fingerprint density at radius 1 is 1.15 bits per heavy atom. The van der Waals surface area contributed by atoms with Gasteiger partial charge in [0, 0.05) is 64.0 Å². The quantitative estimate of drug-likeness (QED) is 0.527. The average molecular weight is 378 g/mol. The van der Waals surface area contributed by atoms with Crippen LogP contribution in [0.15, 0.2) is 23.2 Å². The normalized spacial score (nSPS) is 17.4. The zero-order chi connectivity index (χ0) is 19.6. The number of rotatable bonds is 8. The van der Waals surface area contributed by atoms with Crippen LogP contribution in [0.4, 0.5) is 0 Å². The fourth-order valence-corrected chi connectivity index (χ4v) is 3.29. The van der Waals surface area contributed by atoms with E-state index in [9.17, 15) is 0 Å². The molecule has 1 heterocycles. The van der Waals surface area contributed by atoms with Gasteiger partial charge in [-0.3, -0.25) is 9.89 Å². The minimum Gasteiger partial charge on any atom is -0.497 e. The first-order chi connectivity index (χ1) is 13.1. The van der Waals surface area contributed by atoms with Crippen LogP contribution in [0.3, 0.4) is 0 Å². The predicted molar refractivity (Wildman–Crippen MR) is 111 cm³/mol. The summed E-state index contributed by atoms with van der Waals surface area (Å²) in [6.45, 7) is 11.7. The molecule has 0 amide bonds. The van der Waals surface area contributed by atoms with Crippen LogP contribution in [0.1, 0.15) is 19.4 Å². The van der Waals surface area contributed by atoms with Crippen molar-refractivity contribution in [1.82, 2.24) is 20.4 Å². The lowest BCUT2D eigenvalue weighted by Crippen LogP contribution is -2.53. The van der Waals surface area contributed by atoms with Gasteiger partial charge in [0.25, 0.3) is 0 Å². The summed E-state index contributed by atoms with van der Waals surface area (Å²) in [5.41, 5.74) is 1.06. The van der Waals surface area contributed by atoms with E-state index in [0.717, 1.165) is 62.3 Å². The number of guanidine groups is 1. The van der Waals surface area contributed by atoms with E-state index in [1.807, 2.05) is 18.2 Å². The van der Waals surface area contributed by atoms with Crippen molar-refractivity contribution in [2.45, 2.75) is 26.4 Å². The van der Waals surface area contributed by atoms with Crippen molar-refractivity contribution in [2.75, 3.05) is 60.5 Å². The predicted octanol–water partition coefficient (Wildman–Crippen LogP) is 1.39. The van der Waals surface area contributed by atoms with Gasteiger partial charge in [-0.15, -0.1) is 0 Å². The number of hydrogen-bond donors (Lipinski definition) is 2. The highest BCUT2D eigenvalue weighted by atomic mass is 16.5. The summed E-state index contributed by atoms with van der Waals surface area (Å²) >= 11 is 0. The summed E-state index contributed by atoms with van der Waals surface area (Å²) in [5.74, 6) is 2.39. The first-order valence-electron chi connectivity index (χ1n) is 9.73. The van der Waals surface area contributed by atoms with Gasteiger partial charge in [0.05, 0.1) is 14.2 Å². The van der Waals surface area contributed by atoms with E-state index in [-0.39, 0.29) is 0 Å². The molecule has 1 fully saturated rings. The van der Waals surface area contributed by atoms with E-state index in [1.54, 1.807) is 21.3 Å². The van der Waals surface area contributed by atoms with E-state index < -0.39 is 0 Å². The number of nitrogens with one attached hydrogen (secondary N) is 2. The summed E-state index contributed by atoms with van der Waals surface area (Å²) in [6, 6.07) is 6.31. The van der Waals surface area contributed by atoms with Gasteiger partial charge < -0.3 is 25.0 Å². The second-order valence-corrected chi connectivity index (χ2v) is 6.80. The Morgan fingerprint density at radius 3 is 2.48 bits per heavy atom. The number of methoxy groups -OCH3 is 2. The average Bonchev–Trinajstić information content (AvgIpc) is 2.73. The molecule has 0 saturated carbocycles. The molecule has 7 heteroatoms. The molecule has 0 bridgehead atoms. The van der Waals surface area contributed by atoms with Crippen molar-refractivity contribution in [3.8, 4) is 11.5 Å². The second kappa shape index (κ2) is 11.0. The molecule has 7 nitrogen and oxygen atoms in total. The second-order valence-electron chi connectivity index (χ2n) is 6.80. The van der Waals surface area contributed by atoms with Gasteiger partial charge in [-0.25, -0.2) is 0 Å². The van der Waals surface area contributed by atoms with Gasteiger partial charge >= 0.3 is 0 Å². The third-order valence-corrected chi connectivity index (χ3v) is 5.21. The van der Waals surface area contributed by atoms with Crippen molar-refractivity contribution in [3.05, 3.63) is 23.8 Å². The molecule has 1 aliphatic rings. The number of piperazine rings is 1. The van der Waals surface area contributed by atoms with Gasteiger partial charge in [-0.05, 0) is 25.6 Å². The first-order valence-corrected chi connectivity index (χ1v) is 9.73. The highest BCUT2D eigenvalue weighted by molar-refractivity contribution is 5.79. The number of aliphatic imine (C=N–C) groups is 1. The van der Waals surface area contributed by atoms with Crippen LogP contribution in [0, 0.1) is 0 Å². The summed E-state index contributed by atoms with van der Waals surface area (Å²) in [5, 5.41) is 6.80. The number of ether oxygens (including phenoxy) is 2. The van der Waals surface area contributed by atoms with Gasteiger partial charge in [0.1, 0.15) is 11.5 Å². The third kappa shape index (κ3) is 6.29. The SMILES string of the molecule is CCN1CCN(C(C)CNC(=NC)NCc2ccc(OC)cc2OC)CC1. The minimum atomic E-state index is 0.470. The molecule has 152 valence electrons. The van der Waals surface area contributed by atoms with Crippen molar-refractivity contribution >= 4 is 5.96 Å². The molecule has 1 unspecified atom stereocenters. The van der Waals surface area contributed by atoms with Crippen LogP contribution in [0.2, 0.25) is 0 Å². The molecule has 0 aliphatic carbocycles. The topological polar surface area (TPSA) is 61.4 Å². The van der Waals surface area contributed by atoms with E-state index in [1.165, 1.54) is 0 Å². The number of likely N-dealkylation sites (N-methyl/N-ethyl adjacent to an activating group) is 1. The Morgan fingerprint density at radius 2 is 1.89 bits per heavy atom. The zero-order valence-electron chi connectivity index (χ0n) is 17.4. The highest BCUT2D eigenvalue weighted by Crippen LogP contribution is 2.24. The number of benzene rings is 1. The van der Waals surface area contributed by atoms with Gasteiger partial charge in [-0.1, -0.05) is 6.92 Å². The molecule has 27 heavy (non-hydrogen) atoms. The Kier molecular flexibility index (Phi) is 8.67. The van der Waals surface area contributed by atoms with Crippen LogP contribution in [-0.2, 0) is 6.54 Å². The van der Waals surface area contributed by atoms with Crippen LogP contribution in [0.25, 0.3) is 0 Å². The van der Waals surface area contributed by atoms with E-state index in [4.69, 9.17) is 9.47 Å². The molecule has 0 aromatic heterocycles. The summed E-state index contributed by atoms with van der Waals surface area (Å²) in [6.07, 6.45) is 0. The van der Waals surface area contributed by atoms with Crippen molar-refractivity contribution in [2.24, 2.45) is 4.99 Å². The van der Waals surface area contributed by atoms with Crippen LogP contribution >= 0.6 is 0 Å². The lowest BCUT2D eigenvalue weighted by Gasteiger charge is -2.37. The Bertz CT molecular complexity index is 600. The van der Waals surface area contributed by atoms with E-state index in [0.29, 0.717) is 12.6 Å².